The lowest BCUT2D eigenvalue weighted by atomic mass is 10.1. The normalized spacial score (nSPS) is 14.1. The first kappa shape index (κ1) is 21.3. The molecule has 1 aliphatic heterocycles. The number of benzene rings is 2. The van der Waals surface area contributed by atoms with Gasteiger partial charge in [0.15, 0.2) is 0 Å². The number of nitrogens with two attached hydrogens (primary N) is 1. The van der Waals surface area contributed by atoms with E-state index in [-0.39, 0.29) is 36.4 Å². The van der Waals surface area contributed by atoms with Gasteiger partial charge in [-0.1, -0.05) is 36.4 Å². The summed E-state index contributed by atoms with van der Waals surface area (Å²) in [5.74, 6) is -0.440. The third-order valence-electron chi connectivity index (χ3n) is 4.17. The fourth-order valence-electron chi connectivity index (χ4n) is 2.66. The number of carbonyl (C=O) groups excluding carboxylic acids is 1. The smallest absolute Gasteiger partial charge is 0.241 e. The van der Waals surface area contributed by atoms with E-state index in [9.17, 15) is 13.2 Å². The zero-order valence-electron chi connectivity index (χ0n) is 14.6. The van der Waals surface area contributed by atoms with E-state index in [1.807, 2.05) is 30.3 Å². The van der Waals surface area contributed by atoms with Gasteiger partial charge in [0.05, 0.1) is 24.7 Å². The quantitative estimate of drug-likeness (QED) is 0.634. The number of ether oxygens (including phenoxy) is 1. The molecule has 0 aliphatic carbocycles. The van der Waals surface area contributed by atoms with Crippen molar-refractivity contribution in [3.8, 4) is 0 Å². The summed E-state index contributed by atoms with van der Waals surface area (Å²) >= 11 is 0. The Morgan fingerprint density at radius 2 is 1.81 bits per heavy atom. The van der Waals surface area contributed by atoms with Gasteiger partial charge in [-0.3, -0.25) is 4.79 Å². The Hall–Kier alpha value is -1.97. The second-order valence-corrected chi connectivity index (χ2v) is 7.84. The molecule has 0 saturated heterocycles. The van der Waals surface area contributed by atoms with Crippen molar-refractivity contribution in [3.63, 3.8) is 0 Å². The molecule has 0 fully saturated rings. The molecule has 27 heavy (non-hydrogen) atoms. The molecule has 4 N–H and O–H groups in total. The standard InChI is InChI=1S/C18H21N3O4S.ClH/c19-17(13-4-2-1-3-5-13)9-20-18(22)10-21-26(23,24)16-7-6-14-11-25-12-15(14)8-16;/h1-8,17,21H,9-12,19H2,(H,20,22);1H. The van der Waals surface area contributed by atoms with E-state index in [2.05, 4.69) is 10.0 Å². The number of carbonyl (C=O) groups is 1. The van der Waals surface area contributed by atoms with E-state index >= 15 is 0 Å². The van der Waals surface area contributed by atoms with Gasteiger partial charge in [0.2, 0.25) is 15.9 Å². The molecule has 0 bridgehead atoms. The molecule has 1 aliphatic rings. The van der Waals surface area contributed by atoms with Gasteiger partial charge in [-0.2, -0.15) is 0 Å². The number of hydrogen-bond donors (Lipinski definition) is 3. The summed E-state index contributed by atoms with van der Waals surface area (Å²) in [7, 11) is -3.77. The van der Waals surface area contributed by atoms with Crippen molar-refractivity contribution in [1.29, 1.82) is 0 Å². The first-order valence-corrected chi connectivity index (χ1v) is 9.70. The molecule has 1 heterocycles. The van der Waals surface area contributed by atoms with Gasteiger partial charge < -0.3 is 15.8 Å². The largest absolute Gasteiger partial charge is 0.372 e. The minimum Gasteiger partial charge on any atom is -0.372 e. The van der Waals surface area contributed by atoms with Crippen LogP contribution < -0.4 is 15.8 Å². The predicted octanol–water partition coefficient (Wildman–Crippen LogP) is 1.23. The van der Waals surface area contributed by atoms with Gasteiger partial charge in [0.1, 0.15) is 0 Å². The van der Waals surface area contributed by atoms with Gasteiger partial charge in [0, 0.05) is 12.6 Å². The summed E-state index contributed by atoms with van der Waals surface area (Å²) in [6.07, 6.45) is 0. The molecule has 1 unspecified atom stereocenters. The van der Waals surface area contributed by atoms with Gasteiger partial charge in [-0.05, 0) is 28.8 Å². The number of nitrogens with one attached hydrogen (secondary N) is 2. The Morgan fingerprint density at radius 3 is 2.56 bits per heavy atom. The zero-order valence-corrected chi connectivity index (χ0v) is 16.2. The Bertz CT molecular complexity index is 891. The van der Waals surface area contributed by atoms with Crippen molar-refractivity contribution >= 4 is 28.3 Å². The molecule has 0 saturated carbocycles. The summed E-state index contributed by atoms with van der Waals surface area (Å²) in [6.45, 7) is 0.766. The van der Waals surface area contributed by atoms with Crippen molar-refractivity contribution in [1.82, 2.24) is 10.0 Å². The molecule has 2 aromatic rings. The molecule has 146 valence electrons. The molecular weight excluding hydrogens is 390 g/mol. The Labute approximate surface area is 164 Å². The number of amides is 1. The highest BCUT2D eigenvalue weighted by molar-refractivity contribution is 7.89. The molecule has 1 atom stereocenters. The average molecular weight is 412 g/mol. The molecule has 7 nitrogen and oxygen atoms in total. The summed E-state index contributed by atoms with van der Waals surface area (Å²) < 4.78 is 32.3. The lowest BCUT2D eigenvalue weighted by Gasteiger charge is -2.13. The van der Waals surface area contributed by atoms with E-state index in [4.69, 9.17) is 10.5 Å². The topological polar surface area (TPSA) is 111 Å². The lowest BCUT2D eigenvalue weighted by Crippen LogP contribution is -2.39. The van der Waals surface area contributed by atoms with Crippen LogP contribution in [0.3, 0.4) is 0 Å². The maximum Gasteiger partial charge on any atom is 0.241 e. The fourth-order valence-corrected chi connectivity index (χ4v) is 3.70. The monoisotopic (exact) mass is 411 g/mol. The third-order valence-corrected chi connectivity index (χ3v) is 5.57. The van der Waals surface area contributed by atoms with Crippen molar-refractivity contribution in [2.75, 3.05) is 13.1 Å². The van der Waals surface area contributed by atoms with Gasteiger partial charge >= 0.3 is 0 Å². The number of rotatable bonds is 7. The van der Waals surface area contributed by atoms with Crippen LogP contribution in [0.4, 0.5) is 0 Å². The molecule has 9 heteroatoms. The minimum absolute atomic E-state index is 0. The van der Waals surface area contributed by atoms with Crippen LogP contribution in [0, 0.1) is 0 Å². The first-order chi connectivity index (χ1) is 12.5. The van der Waals surface area contributed by atoms with E-state index in [0.717, 1.165) is 16.7 Å². The van der Waals surface area contributed by atoms with Crippen molar-refractivity contribution in [2.45, 2.75) is 24.2 Å². The zero-order chi connectivity index (χ0) is 18.6. The van der Waals surface area contributed by atoms with Gasteiger partial charge in [0.25, 0.3) is 0 Å². The SMILES string of the molecule is Cl.NC(CNC(=O)CNS(=O)(=O)c1ccc2c(c1)COC2)c1ccccc1. The molecule has 1 amide bonds. The summed E-state index contributed by atoms with van der Waals surface area (Å²) in [6, 6.07) is 13.8. The minimum atomic E-state index is -3.77. The van der Waals surface area contributed by atoms with E-state index in [1.54, 1.807) is 12.1 Å². The molecule has 2 aromatic carbocycles. The second kappa shape index (κ2) is 9.29. The van der Waals surface area contributed by atoms with Crippen LogP contribution in [-0.4, -0.2) is 27.4 Å². The van der Waals surface area contributed by atoms with Crippen LogP contribution in [0.2, 0.25) is 0 Å². The predicted molar refractivity (Wildman–Crippen MR) is 104 cm³/mol. The van der Waals surface area contributed by atoms with E-state index < -0.39 is 15.9 Å². The lowest BCUT2D eigenvalue weighted by molar-refractivity contribution is -0.120. The molecule has 0 spiro atoms. The maximum absolute atomic E-state index is 12.3. The summed E-state index contributed by atoms with van der Waals surface area (Å²) in [4.78, 5) is 12.1. The van der Waals surface area contributed by atoms with Gasteiger partial charge in [-0.15, -0.1) is 12.4 Å². The first-order valence-electron chi connectivity index (χ1n) is 8.22. The van der Waals surface area contributed by atoms with Crippen molar-refractivity contribution in [3.05, 3.63) is 65.2 Å². The van der Waals surface area contributed by atoms with Crippen LogP contribution in [0.5, 0.6) is 0 Å². The number of hydrogen-bond acceptors (Lipinski definition) is 5. The van der Waals surface area contributed by atoms with Crippen molar-refractivity contribution in [2.24, 2.45) is 5.73 Å². The molecular formula is C18H22ClN3O4S. The Kier molecular flexibility index (Phi) is 7.34. The molecule has 0 radical (unpaired) electrons. The second-order valence-electron chi connectivity index (χ2n) is 6.07. The van der Waals surface area contributed by atoms with Crippen molar-refractivity contribution < 1.29 is 17.9 Å². The molecule has 3 rings (SSSR count). The highest BCUT2D eigenvalue weighted by Crippen LogP contribution is 2.22. The number of fused-ring (bicyclic) bond motifs is 1. The van der Waals surface area contributed by atoms with Gasteiger partial charge in [-0.25, -0.2) is 13.1 Å². The molecule has 0 aromatic heterocycles. The third kappa shape index (κ3) is 5.50. The van der Waals surface area contributed by atoms with Crippen LogP contribution in [-0.2, 0) is 32.8 Å². The van der Waals surface area contributed by atoms with Crippen LogP contribution >= 0.6 is 12.4 Å². The summed E-state index contributed by atoms with van der Waals surface area (Å²) in [5.41, 5.74) is 8.74. The van der Waals surface area contributed by atoms with Crippen LogP contribution in [0.1, 0.15) is 22.7 Å². The number of sulfonamides is 1. The fraction of sp³-hybridized carbons (Fsp3) is 0.278. The average Bonchev–Trinajstić information content (AvgIpc) is 3.13. The Balaban J connectivity index is 0.00000261. The van der Waals surface area contributed by atoms with E-state index in [1.165, 1.54) is 6.07 Å². The summed E-state index contributed by atoms with van der Waals surface area (Å²) in [5, 5.41) is 2.64. The van der Waals surface area contributed by atoms with E-state index in [0.29, 0.717) is 13.2 Å². The Morgan fingerprint density at radius 1 is 1.11 bits per heavy atom. The van der Waals surface area contributed by atoms with Crippen LogP contribution in [0.25, 0.3) is 0 Å². The number of halogens is 1. The highest BCUT2D eigenvalue weighted by atomic mass is 35.5. The highest BCUT2D eigenvalue weighted by Gasteiger charge is 2.19. The van der Waals surface area contributed by atoms with Crippen LogP contribution in [0.15, 0.2) is 53.4 Å². The maximum atomic E-state index is 12.3.